The van der Waals surface area contributed by atoms with Crippen LogP contribution < -0.4 is 10.2 Å². The second-order valence-corrected chi connectivity index (χ2v) is 8.36. The van der Waals surface area contributed by atoms with Crippen LogP contribution >= 0.6 is 24.0 Å². The number of guanidine groups is 1. The van der Waals surface area contributed by atoms with E-state index in [1.807, 2.05) is 12.3 Å². The number of aliphatic imine (C=N–C) groups is 1. The summed E-state index contributed by atoms with van der Waals surface area (Å²) >= 11 is 0. The van der Waals surface area contributed by atoms with E-state index in [4.69, 9.17) is 9.73 Å². The lowest BCUT2D eigenvalue weighted by Crippen LogP contribution is -2.52. The molecule has 0 saturated carbocycles. The highest BCUT2D eigenvalue weighted by Gasteiger charge is 2.20. The number of aromatic nitrogens is 1. The second kappa shape index (κ2) is 14.3. The van der Waals surface area contributed by atoms with Crippen molar-refractivity contribution in [3.63, 3.8) is 0 Å². The van der Waals surface area contributed by atoms with Crippen molar-refractivity contribution in [2.45, 2.75) is 13.5 Å². The van der Waals surface area contributed by atoms with Crippen LogP contribution in [0.25, 0.3) is 6.08 Å². The van der Waals surface area contributed by atoms with Gasteiger partial charge in [0.15, 0.2) is 5.96 Å². The molecule has 0 atom stereocenters. The molecule has 0 aliphatic carbocycles. The molecule has 4 rings (SSSR count). The van der Waals surface area contributed by atoms with Crippen LogP contribution in [0.3, 0.4) is 0 Å². The normalized spacial score (nSPS) is 17.6. The zero-order chi connectivity index (χ0) is 22.7. The molecule has 1 aromatic heterocycles. The van der Waals surface area contributed by atoms with Crippen LogP contribution in [0.15, 0.2) is 59.7 Å². The van der Waals surface area contributed by atoms with Crippen LogP contribution in [-0.2, 0) is 11.3 Å². The van der Waals surface area contributed by atoms with E-state index in [0.29, 0.717) is 6.54 Å². The summed E-state index contributed by atoms with van der Waals surface area (Å²) in [7, 11) is 0. The lowest BCUT2D eigenvalue weighted by atomic mass is 10.2. The highest BCUT2D eigenvalue weighted by atomic mass is 127. The molecule has 1 aromatic carbocycles. The first-order valence-electron chi connectivity index (χ1n) is 12.1. The summed E-state index contributed by atoms with van der Waals surface area (Å²) in [4.78, 5) is 16.8. The maximum Gasteiger partial charge on any atom is 0.194 e. The maximum absolute atomic E-state index is 5.50. The van der Waals surface area contributed by atoms with Crippen molar-refractivity contribution in [1.29, 1.82) is 0 Å². The van der Waals surface area contributed by atoms with E-state index in [1.165, 1.54) is 11.1 Å². The Morgan fingerprint density at radius 1 is 1.03 bits per heavy atom. The van der Waals surface area contributed by atoms with Crippen LogP contribution in [0.5, 0.6) is 0 Å². The number of pyridine rings is 1. The summed E-state index contributed by atoms with van der Waals surface area (Å²) in [5, 5.41) is 3.49. The smallest absolute Gasteiger partial charge is 0.194 e. The van der Waals surface area contributed by atoms with Gasteiger partial charge in [-0.15, -0.1) is 24.0 Å². The quantitative estimate of drug-likeness (QED) is 0.310. The van der Waals surface area contributed by atoms with Crippen molar-refractivity contribution in [3.05, 3.63) is 65.9 Å². The van der Waals surface area contributed by atoms with E-state index < -0.39 is 0 Å². The minimum atomic E-state index is 0. The number of hydrogen-bond donors (Lipinski definition) is 1. The van der Waals surface area contributed by atoms with Gasteiger partial charge in [0.05, 0.1) is 19.8 Å². The average molecular weight is 577 g/mol. The lowest BCUT2D eigenvalue weighted by molar-refractivity contribution is 0.122. The van der Waals surface area contributed by atoms with Gasteiger partial charge in [0.2, 0.25) is 0 Å². The number of nitrogens with one attached hydrogen (secondary N) is 1. The molecule has 0 unspecified atom stereocenters. The van der Waals surface area contributed by atoms with E-state index in [9.17, 15) is 0 Å². The van der Waals surface area contributed by atoms with Crippen molar-refractivity contribution in [2.75, 3.05) is 70.5 Å². The number of ether oxygens (including phenoxy) is 1. The number of benzene rings is 1. The molecule has 2 aliphatic rings. The third kappa shape index (κ3) is 7.68. The largest absolute Gasteiger partial charge is 0.378 e. The summed E-state index contributed by atoms with van der Waals surface area (Å²) in [6.45, 7) is 11.9. The monoisotopic (exact) mass is 576 g/mol. The molecule has 0 amide bonds. The van der Waals surface area contributed by atoms with Crippen molar-refractivity contribution in [2.24, 2.45) is 4.99 Å². The first kappa shape index (κ1) is 26.4. The molecule has 34 heavy (non-hydrogen) atoms. The molecule has 2 aromatic rings. The predicted molar refractivity (Wildman–Crippen MR) is 151 cm³/mol. The maximum atomic E-state index is 5.50. The highest BCUT2D eigenvalue weighted by molar-refractivity contribution is 14.0. The van der Waals surface area contributed by atoms with Gasteiger partial charge in [-0.1, -0.05) is 48.6 Å². The van der Waals surface area contributed by atoms with E-state index in [0.717, 1.165) is 77.3 Å². The summed E-state index contributed by atoms with van der Waals surface area (Å²) < 4.78 is 5.50. The molecule has 7 nitrogen and oxygen atoms in total. The van der Waals surface area contributed by atoms with E-state index in [2.05, 4.69) is 80.5 Å². The fourth-order valence-electron chi connectivity index (χ4n) is 4.24. The molecule has 184 valence electrons. The molecule has 3 heterocycles. The fourth-order valence-corrected chi connectivity index (χ4v) is 4.24. The standard InChI is InChI=1S/C26H36N6O.HI/c1-2-27-26(29-22-24-11-6-12-28-25(24)31-18-20-33-21-19-31)32-16-14-30(15-17-32)13-7-10-23-8-4-3-5-9-23;/h3-12H,2,13-22H2,1H3,(H,27,29);1H/b10-7+;. The van der Waals surface area contributed by atoms with Gasteiger partial charge < -0.3 is 19.9 Å². The molecule has 1 N–H and O–H groups in total. The number of nitrogens with zero attached hydrogens (tertiary/aromatic N) is 5. The van der Waals surface area contributed by atoms with Crippen LogP contribution in [0.1, 0.15) is 18.1 Å². The lowest BCUT2D eigenvalue weighted by Gasteiger charge is -2.36. The average Bonchev–Trinajstić information content (AvgIpc) is 2.88. The topological polar surface area (TPSA) is 56.2 Å². The van der Waals surface area contributed by atoms with Gasteiger partial charge in [-0.05, 0) is 18.6 Å². The Bertz CT molecular complexity index is 909. The van der Waals surface area contributed by atoms with Crippen molar-refractivity contribution >= 4 is 41.8 Å². The third-order valence-electron chi connectivity index (χ3n) is 6.06. The van der Waals surface area contributed by atoms with Crippen molar-refractivity contribution in [1.82, 2.24) is 20.1 Å². The fraction of sp³-hybridized carbons (Fsp3) is 0.462. The van der Waals surface area contributed by atoms with E-state index >= 15 is 0 Å². The Morgan fingerprint density at radius 3 is 2.53 bits per heavy atom. The number of piperazine rings is 1. The molecular formula is C26H37IN6O. The van der Waals surface area contributed by atoms with Crippen LogP contribution in [0.2, 0.25) is 0 Å². The third-order valence-corrected chi connectivity index (χ3v) is 6.06. The molecule has 2 aliphatic heterocycles. The Balaban J connectivity index is 0.00000324. The van der Waals surface area contributed by atoms with Crippen molar-refractivity contribution < 1.29 is 4.74 Å². The molecular weight excluding hydrogens is 539 g/mol. The number of hydrogen-bond acceptors (Lipinski definition) is 5. The highest BCUT2D eigenvalue weighted by Crippen LogP contribution is 2.19. The number of halogens is 1. The Hall–Kier alpha value is -2.17. The number of rotatable bonds is 7. The molecule has 2 saturated heterocycles. The van der Waals surface area contributed by atoms with E-state index in [1.54, 1.807) is 0 Å². The van der Waals surface area contributed by atoms with E-state index in [-0.39, 0.29) is 24.0 Å². The van der Waals surface area contributed by atoms with Crippen LogP contribution in [0, 0.1) is 0 Å². The van der Waals surface area contributed by atoms with Gasteiger partial charge in [0.25, 0.3) is 0 Å². The van der Waals surface area contributed by atoms with Gasteiger partial charge in [-0.25, -0.2) is 9.98 Å². The van der Waals surface area contributed by atoms with Gasteiger partial charge >= 0.3 is 0 Å². The van der Waals surface area contributed by atoms with Crippen molar-refractivity contribution in [3.8, 4) is 0 Å². The number of anilines is 1. The number of morpholine rings is 1. The minimum Gasteiger partial charge on any atom is -0.378 e. The summed E-state index contributed by atoms with van der Waals surface area (Å²) in [6.07, 6.45) is 6.34. The summed E-state index contributed by atoms with van der Waals surface area (Å²) in [6, 6.07) is 14.6. The molecule has 0 bridgehead atoms. The molecule has 8 heteroatoms. The minimum absolute atomic E-state index is 0. The summed E-state index contributed by atoms with van der Waals surface area (Å²) in [5.74, 6) is 2.03. The SMILES string of the molecule is CCNC(=NCc1cccnc1N1CCOCC1)N1CCN(C/C=C/c2ccccc2)CC1.I. The Labute approximate surface area is 220 Å². The van der Waals surface area contributed by atoms with Gasteiger partial charge in [-0.2, -0.15) is 0 Å². The molecule has 2 fully saturated rings. The van der Waals surface area contributed by atoms with Gasteiger partial charge in [0, 0.05) is 64.1 Å². The van der Waals surface area contributed by atoms with Gasteiger partial charge in [0.1, 0.15) is 5.82 Å². The van der Waals surface area contributed by atoms with Crippen LogP contribution in [0.4, 0.5) is 5.82 Å². The zero-order valence-corrected chi connectivity index (χ0v) is 22.4. The Morgan fingerprint density at radius 2 is 1.79 bits per heavy atom. The Kier molecular flexibility index (Phi) is 11.1. The first-order valence-corrected chi connectivity index (χ1v) is 12.1. The zero-order valence-electron chi connectivity index (χ0n) is 20.1. The predicted octanol–water partition coefficient (Wildman–Crippen LogP) is 3.33. The summed E-state index contributed by atoms with van der Waals surface area (Å²) in [5.41, 5.74) is 2.42. The van der Waals surface area contributed by atoms with Crippen LogP contribution in [-0.4, -0.2) is 86.3 Å². The molecule has 0 radical (unpaired) electrons. The molecule has 0 spiro atoms. The first-order chi connectivity index (χ1) is 16.3. The second-order valence-electron chi connectivity index (χ2n) is 8.36. The van der Waals surface area contributed by atoms with Gasteiger partial charge in [-0.3, -0.25) is 4.90 Å².